The first-order valence-electron chi connectivity index (χ1n) is 8.76. The Balaban J connectivity index is 1.79. The zero-order valence-corrected chi connectivity index (χ0v) is 17.0. The molecule has 9 heteroatoms. The highest BCUT2D eigenvalue weighted by Crippen LogP contribution is 2.25. The van der Waals surface area contributed by atoms with E-state index in [-0.39, 0.29) is 18.1 Å². The number of pyridine rings is 1. The van der Waals surface area contributed by atoms with Crippen molar-refractivity contribution in [3.05, 3.63) is 47.0 Å². The van der Waals surface area contributed by atoms with Crippen LogP contribution in [0.25, 0.3) is 11.4 Å². The highest BCUT2D eigenvalue weighted by Gasteiger charge is 2.25. The van der Waals surface area contributed by atoms with Crippen molar-refractivity contribution in [3.63, 3.8) is 0 Å². The summed E-state index contributed by atoms with van der Waals surface area (Å²) >= 11 is 1.27. The van der Waals surface area contributed by atoms with Gasteiger partial charge in [0.2, 0.25) is 0 Å². The van der Waals surface area contributed by atoms with Gasteiger partial charge in [-0.2, -0.15) is 0 Å². The maximum Gasteiger partial charge on any atom is 0.340 e. The van der Waals surface area contributed by atoms with Gasteiger partial charge in [-0.25, -0.2) is 4.79 Å². The second kappa shape index (κ2) is 8.39. The van der Waals surface area contributed by atoms with Crippen molar-refractivity contribution in [2.24, 2.45) is 7.05 Å². The number of hydrogen-bond acceptors (Lipinski definition) is 7. The molecular formula is C19H21N5O3S. The van der Waals surface area contributed by atoms with Gasteiger partial charge >= 0.3 is 5.97 Å². The van der Waals surface area contributed by atoms with E-state index in [2.05, 4.69) is 20.2 Å². The molecule has 8 nitrogen and oxygen atoms in total. The van der Waals surface area contributed by atoms with E-state index in [1.54, 1.807) is 33.2 Å². The predicted molar refractivity (Wildman–Crippen MR) is 106 cm³/mol. The van der Waals surface area contributed by atoms with Gasteiger partial charge in [0.05, 0.1) is 23.5 Å². The summed E-state index contributed by atoms with van der Waals surface area (Å²) in [5.74, 6) is 0.142. The summed E-state index contributed by atoms with van der Waals surface area (Å²) < 4.78 is 6.91. The first kappa shape index (κ1) is 19.8. The van der Waals surface area contributed by atoms with Crippen LogP contribution in [0.15, 0.2) is 29.7 Å². The number of esters is 1. The Kier molecular flexibility index (Phi) is 5.93. The van der Waals surface area contributed by atoms with Crippen LogP contribution in [0.5, 0.6) is 0 Å². The van der Waals surface area contributed by atoms with Crippen molar-refractivity contribution in [2.45, 2.75) is 25.9 Å². The van der Waals surface area contributed by atoms with E-state index in [1.165, 1.54) is 11.8 Å². The number of aryl methyl sites for hydroxylation is 2. The molecule has 0 aliphatic heterocycles. The van der Waals surface area contributed by atoms with Gasteiger partial charge in [0, 0.05) is 36.4 Å². The molecule has 1 N–H and O–H groups in total. The Morgan fingerprint density at radius 3 is 2.64 bits per heavy atom. The molecule has 3 aromatic heterocycles. The predicted octanol–water partition coefficient (Wildman–Crippen LogP) is 2.97. The van der Waals surface area contributed by atoms with E-state index in [0.717, 1.165) is 5.56 Å². The van der Waals surface area contributed by atoms with Crippen molar-refractivity contribution < 1.29 is 14.3 Å². The van der Waals surface area contributed by atoms with Gasteiger partial charge in [0.25, 0.3) is 0 Å². The summed E-state index contributed by atoms with van der Waals surface area (Å²) in [5, 5.41) is 8.96. The number of thioether (sulfide) groups is 1. The molecule has 146 valence electrons. The van der Waals surface area contributed by atoms with Crippen LogP contribution in [0.4, 0.5) is 0 Å². The minimum Gasteiger partial charge on any atom is -0.462 e. The number of ketones is 1. The summed E-state index contributed by atoms with van der Waals surface area (Å²) in [6.45, 7) is 5.52. The Morgan fingerprint density at radius 2 is 1.96 bits per heavy atom. The molecule has 0 saturated heterocycles. The monoisotopic (exact) mass is 399 g/mol. The van der Waals surface area contributed by atoms with Crippen molar-refractivity contribution in [3.8, 4) is 11.4 Å². The average molecular weight is 399 g/mol. The zero-order chi connectivity index (χ0) is 20.3. The topological polar surface area (TPSA) is 103 Å². The van der Waals surface area contributed by atoms with Crippen molar-refractivity contribution in [1.82, 2.24) is 24.7 Å². The third-order valence-electron chi connectivity index (χ3n) is 4.22. The number of nitrogens with one attached hydrogen (secondary N) is 1. The van der Waals surface area contributed by atoms with E-state index < -0.39 is 5.97 Å². The van der Waals surface area contributed by atoms with Gasteiger partial charge in [-0.1, -0.05) is 11.8 Å². The lowest BCUT2D eigenvalue weighted by Crippen LogP contribution is -2.13. The van der Waals surface area contributed by atoms with Gasteiger partial charge < -0.3 is 14.3 Å². The third-order valence-corrected chi connectivity index (χ3v) is 5.24. The molecule has 0 aliphatic rings. The summed E-state index contributed by atoms with van der Waals surface area (Å²) in [7, 11) is 1.84. The maximum absolute atomic E-state index is 12.9. The Bertz CT molecular complexity index is 1010. The molecule has 0 fully saturated rings. The molecule has 3 heterocycles. The first-order valence-corrected chi connectivity index (χ1v) is 9.74. The van der Waals surface area contributed by atoms with Gasteiger partial charge in [-0.3, -0.25) is 9.78 Å². The molecule has 0 unspecified atom stereocenters. The van der Waals surface area contributed by atoms with Crippen molar-refractivity contribution in [2.75, 3.05) is 12.4 Å². The van der Waals surface area contributed by atoms with Gasteiger partial charge in [0.15, 0.2) is 16.8 Å². The minimum absolute atomic E-state index is 0.129. The number of rotatable bonds is 7. The van der Waals surface area contributed by atoms with Crippen molar-refractivity contribution >= 4 is 23.5 Å². The number of ether oxygens (including phenoxy) is 1. The molecule has 28 heavy (non-hydrogen) atoms. The lowest BCUT2D eigenvalue weighted by atomic mass is 10.1. The quantitative estimate of drug-likeness (QED) is 0.370. The third kappa shape index (κ3) is 3.84. The van der Waals surface area contributed by atoms with Crippen LogP contribution in [0.2, 0.25) is 0 Å². The number of carbonyl (C=O) groups is 2. The van der Waals surface area contributed by atoms with Gasteiger partial charge in [0.1, 0.15) is 0 Å². The molecule has 3 aromatic rings. The molecule has 0 bridgehead atoms. The highest BCUT2D eigenvalue weighted by molar-refractivity contribution is 7.99. The van der Waals surface area contributed by atoms with E-state index in [0.29, 0.717) is 33.5 Å². The summed E-state index contributed by atoms with van der Waals surface area (Å²) in [4.78, 5) is 32.3. The second-order valence-electron chi connectivity index (χ2n) is 6.16. The maximum atomic E-state index is 12.9. The van der Waals surface area contributed by atoms with Crippen LogP contribution >= 0.6 is 11.8 Å². The zero-order valence-electron chi connectivity index (χ0n) is 16.1. The van der Waals surface area contributed by atoms with Gasteiger partial charge in [-0.15, -0.1) is 10.2 Å². The molecule has 0 aliphatic carbocycles. The molecule has 0 radical (unpaired) electrons. The van der Waals surface area contributed by atoms with E-state index in [1.807, 2.05) is 23.7 Å². The number of aromatic nitrogens is 5. The Hall–Kier alpha value is -2.94. The largest absolute Gasteiger partial charge is 0.462 e. The molecule has 0 saturated carbocycles. The fourth-order valence-electron chi connectivity index (χ4n) is 2.98. The van der Waals surface area contributed by atoms with Crippen LogP contribution in [-0.2, 0) is 11.8 Å². The summed E-state index contributed by atoms with van der Waals surface area (Å²) in [6.07, 6.45) is 3.40. The number of carbonyl (C=O) groups excluding carboxylic acids is 2. The van der Waals surface area contributed by atoms with E-state index in [9.17, 15) is 9.59 Å². The first-order chi connectivity index (χ1) is 13.4. The van der Waals surface area contributed by atoms with Gasteiger partial charge in [-0.05, 0) is 32.9 Å². The number of nitrogens with zero attached hydrogens (tertiary/aromatic N) is 4. The lowest BCUT2D eigenvalue weighted by Gasteiger charge is -2.06. The average Bonchev–Trinajstić information content (AvgIpc) is 3.19. The Morgan fingerprint density at radius 1 is 1.21 bits per heavy atom. The van der Waals surface area contributed by atoms with Crippen LogP contribution in [-0.4, -0.2) is 48.8 Å². The molecule has 0 aromatic carbocycles. The fourth-order valence-corrected chi connectivity index (χ4v) is 3.76. The standard InChI is InChI=1S/C19H21N5O3S/c1-5-27-18(26)16-12(3)21-11(2)15(16)14(25)10-28-19-23-22-17(24(19)4)13-7-6-8-20-9-13/h6-9,21H,5,10H2,1-4H3. The molecule has 0 atom stereocenters. The van der Waals surface area contributed by atoms with Crippen LogP contribution in [0.1, 0.15) is 39.0 Å². The number of Topliss-reactive ketones (excluding diaryl/α,β-unsaturated/α-hetero) is 1. The SMILES string of the molecule is CCOC(=O)c1c(C)[nH]c(C)c1C(=O)CSc1nnc(-c2cccnc2)n1C. The molecule has 0 amide bonds. The highest BCUT2D eigenvalue weighted by atomic mass is 32.2. The number of hydrogen-bond donors (Lipinski definition) is 1. The van der Waals surface area contributed by atoms with Crippen LogP contribution in [0.3, 0.4) is 0 Å². The summed E-state index contributed by atoms with van der Waals surface area (Å²) in [5.41, 5.74) is 2.80. The fraction of sp³-hybridized carbons (Fsp3) is 0.316. The lowest BCUT2D eigenvalue weighted by molar-refractivity contribution is 0.0522. The van der Waals surface area contributed by atoms with Crippen LogP contribution in [0, 0.1) is 13.8 Å². The molecule has 0 spiro atoms. The Labute approximate surface area is 166 Å². The summed E-state index contributed by atoms with van der Waals surface area (Å²) in [6, 6.07) is 3.72. The molecular weight excluding hydrogens is 378 g/mol. The second-order valence-corrected chi connectivity index (χ2v) is 7.11. The normalized spacial score (nSPS) is 10.9. The minimum atomic E-state index is -0.491. The molecule has 3 rings (SSSR count). The van der Waals surface area contributed by atoms with E-state index in [4.69, 9.17) is 4.74 Å². The number of aromatic amines is 1. The smallest absolute Gasteiger partial charge is 0.340 e. The van der Waals surface area contributed by atoms with Crippen LogP contribution < -0.4 is 0 Å². The van der Waals surface area contributed by atoms with Crippen molar-refractivity contribution in [1.29, 1.82) is 0 Å². The number of H-pyrrole nitrogens is 1. The van der Waals surface area contributed by atoms with E-state index >= 15 is 0 Å².